The normalized spacial score (nSPS) is 15.8. The summed E-state index contributed by atoms with van der Waals surface area (Å²) in [5.74, 6) is -3.84. The highest BCUT2D eigenvalue weighted by Gasteiger charge is 2.35. The van der Waals surface area contributed by atoms with Crippen LogP contribution in [0, 0.1) is 11.8 Å². The lowest BCUT2D eigenvalue weighted by Crippen LogP contribution is -2.50. The second-order valence-electron chi connectivity index (χ2n) is 11.1. The molecular weight excluding hydrogens is 556 g/mol. The number of Topliss-reactive ketones (excluding diaryl/α,β-unsaturated/α-hetero) is 3. The first-order chi connectivity index (χ1) is 21.4. The summed E-state index contributed by atoms with van der Waals surface area (Å²) >= 11 is 0. The molecule has 1 aliphatic carbocycles. The fraction of sp³-hybridized carbons (Fsp3) is 0.286. The Hall–Kier alpha value is -5.05. The van der Waals surface area contributed by atoms with Crippen molar-refractivity contribution in [2.24, 2.45) is 11.8 Å². The molecule has 0 bridgehead atoms. The van der Waals surface area contributed by atoms with Crippen molar-refractivity contribution >= 4 is 40.2 Å². The molecule has 9 nitrogen and oxygen atoms in total. The van der Waals surface area contributed by atoms with Gasteiger partial charge in [0.15, 0.2) is 5.78 Å². The Bertz CT molecular complexity index is 1660. The molecule has 1 fully saturated rings. The van der Waals surface area contributed by atoms with Crippen molar-refractivity contribution in [1.29, 1.82) is 0 Å². The van der Waals surface area contributed by atoms with Gasteiger partial charge in [-0.15, -0.1) is 0 Å². The summed E-state index contributed by atoms with van der Waals surface area (Å²) in [6.07, 6.45) is 3.19. The molecule has 2 amide bonds. The van der Waals surface area contributed by atoms with E-state index < -0.39 is 35.5 Å². The van der Waals surface area contributed by atoms with Gasteiger partial charge in [-0.25, -0.2) is 4.98 Å². The lowest BCUT2D eigenvalue weighted by atomic mass is 9.90. The summed E-state index contributed by atoms with van der Waals surface area (Å²) in [5, 5.41) is 5.39. The molecule has 1 heterocycles. The molecule has 1 saturated carbocycles. The molecule has 2 N–H and O–H groups in total. The van der Waals surface area contributed by atoms with Gasteiger partial charge in [0.05, 0.1) is 23.3 Å². The number of nitrogens with one attached hydrogen (secondary N) is 2. The third-order valence-electron chi connectivity index (χ3n) is 7.97. The Labute approximate surface area is 255 Å². The van der Waals surface area contributed by atoms with Crippen molar-refractivity contribution in [2.75, 3.05) is 0 Å². The molecule has 5 rings (SSSR count). The number of carbonyl (C=O) groups excluding carboxylic acids is 5. The fourth-order valence-electron chi connectivity index (χ4n) is 5.54. The maximum absolute atomic E-state index is 13.8. The van der Waals surface area contributed by atoms with E-state index in [4.69, 9.17) is 0 Å². The minimum atomic E-state index is -1.21. The Morgan fingerprint density at radius 1 is 0.841 bits per heavy atom. The molecule has 9 heteroatoms. The van der Waals surface area contributed by atoms with Crippen LogP contribution in [0.1, 0.15) is 53.7 Å². The maximum atomic E-state index is 13.8. The van der Waals surface area contributed by atoms with Gasteiger partial charge in [0.25, 0.3) is 5.91 Å². The smallest absolute Gasteiger partial charge is 0.289 e. The second kappa shape index (κ2) is 14.4. The fourth-order valence-corrected chi connectivity index (χ4v) is 5.54. The Morgan fingerprint density at radius 2 is 1.50 bits per heavy atom. The number of aromatic nitrogens is 2. The second-order valence-corrected chi connectivity index (χ2v) is 11.1. The van der Waals surface area contributed by atoms with Gasteiger partial charge >= 0.3 is 0 Å². The van der Waals surface area contributed by atoms with Gasteiger partial charge in [0, 0.05) is 31.2 Å². The standard InChI is InChI=1S/C35H34N4O5/c40-31-17-9-14-25(31)19-29(33(42)35(44)37-21-24-12-5-2-6-13-24)39-34(43)26(18-23-10-3-1-4-11-23)20-32(41)30-22-36-27-15-7-8-16-28(27)38-30/h1-8,10-13,15-16,22,25-26,29H,9,14,17-21H2,(H,37,44)(H,39,43)/t25-,26+,29-/m0/s1. The van der Waals surface area contributed by atoms with Crippen LogP contribution in [0.15, 0.2) is 91.1 Å². The Kier molecular flexibility index (Phi) is 9.96. The molecule has 224 valence electrons. The van der Waals surface area contributed by atoms with Gasteiger partial charge < -0.3 is 10.6 Å². The molecule has 0 unspecified atom stereocenters. The van der Waals surface area contributed by atoms with Gasteiger partial charge in [-0.05, 0) is 48.9 Å². The van der Waals surface area contributed by atoms with Crippen LogP contribution in [-0.4, -0.2) is 45.2 Å². The monoisotopic (exact) mass is 590 g/mol. The van der Waals surface area contributed by atoms with Gasteiger partial charge in [0.1, 0.15) is 11.5 Å². The molecule has 0 radical (unpaired) electrons. The number of benzene rings is 3. The van der Waals surface area contributed by atoms with Gasteiger partial charge in [-0.3, -0.25) is 29.0 Å². The summed E-state index contributed by atoms with van der Waals surface area (Å²) in [5.41, 5.74) is 3.00. The number of ketones is 3. The summed E-state index contributed by atoms with van der Waals surface area (Å²) < 4.78 is 0. The maximum Gasteiger partial charge on any atom is 0.289 e. The van der Waals surface area contributed by atoms with E-state index in [2.05, 4.69) is 20.6 Å². The van der Waals surface area contributed by atoms with Crippen LogP contribution in [0.2, 0.25) is 0 Å². The molecule has 1 aliphatic rings. The average Bonchev–Trinajstić information content (AvgIpc) is 3.46. The van der Waals surface area contributed by atoms with Gasteiger partial charge in [0.2, 0.25) is 11.7 Å². The highest BCUT2D eigenvalue weighted by molar-refractivity contribution is 6.38. The van der Waals surface area contributed by atoms with Crippen molar-refractivity contribution in [3.8, 4) is 0 Å². The van der Waals surface area contributed by atoms with Crippen molar-refractivity contribution in [3.63, 3.8) is 0 Å². The van der Waals surface area contributed by atoms with E-state index in [0.29, 0.717) is 30.3 Å². The van der Waals surface area contributed by atoms with E-state index in [9.17, 15) is 24.0 Å². The van der Waals surface area contributed by atoms with E-state index >= 15 is 0 Å². The number of fused-ring (bicyclic) bond motifs is 1. The van der Waals surface area contributed by atoms with E-state index in [1.165, 1.54) is 6.20 Å². The minimum Gasteiger partial charge on any atom is -0.345 e. The van der Waals surface area contributed by atoms with Crippen molar-refractivity contribution < 1.29 is 24.0 Å². The summed E-state index contributed by atoms with van der Waals surface area (Å²) in [6, 6.07) is 24.4. The zero-order valence-electron chi connectivity index (χ0n) is 24.3. The van der Waals surface area contributed by atoms with E-state index in [1.807, 2.05) is 66.7 Å². The first kappa shape index (κ1) is 30.4. The molecule has 4 aromatic rings. The third kappa shape index (κ3) is 7.86. The number of nitrogens with zero attached hydrogens (tertiary/aromatic N) is 2. The Morgan fingerprint density at radius 3 is 2.18 bits per heavy atom. The number of para-hydroxylation sites is 2. The Balaban J connectivity index is 1.35. The number of amides is 2. The quantitative estimate of drug-likeness (QED) is 0.176. The summed E-state index contributed by atoms with van der Waals surface area (Å²) in [4.78, 5) is 74.9. The van der Waals surface area contributed by atoms with Crippen LogP contribution >= 0.6 is 0 Å². The first-order valence-electron chi connectivity index (χ1n) is 14.9. The lowest BCUT2D eigenvalue weighted by Gasteiger charge is -2.23. The van der Waals surface area contributed by atoms with Crippen molar-refractivity contribution in [3.05, 3.63) is 108 Å². The van der Waals surface area contributed by atoms with Gasteiger partial charge in [-0.1, -0.05) is 72.8 Å². The number of carbonyl (C=O) groups is 5. The largest absolute Gasteiger partial charge is 0.345 e. The van der Waals surface area contributed by atoms with Crippen LogP contribution in [0.4, 0.5) is 0 Å². The zero-order valence-corrected chi connectivity index (χ0v) is 24.3. The van der Waals surface area contributed by atoms with E-state index in [1.54, 1.807) is 18.2 Å². The molecule has 3 aromatic carbocycles. The molecule has 44 heavy (non-hydrogen) atoms. The molecule has 3 atom stereocenters. The molecule has 0 aliphatic heterocycles. The number of hydrogen-bond acceptors (Lipinski definition) is 7. The molecule has 0 spiro atoms. The number of hydrogen-bond donors (Lipinski definition) is 2. The van der Waals surface area contributed by atoms with Crippen molar-refractivity contribution in [1.82, 2.24) is 20.6 Å². The molecule has 0 saturated heterocycles. The van der Waals surface area contributed by atoms with Gasteiger partial charge in [-0.2, -0.15) is 0 Å². The van der Waals surface area contributed by atoms with Crippen LogP contribution in [0.5, 0.6) is 0 Å². The predicted octanol–water partition coefficient (Wildman–Crippen LogP) is 4.19. The highest BCUT2D eigenvalue weighted by Crippen LogP contribution is 2.26. The SMILES string of the molecule is O=C(NCc1ccccc1)C(=O)[C@H](C[C@@H]1CCCC1=O)NC(=O)[C@@H](CC(=O)c1cnc2ccccc2n1)Cc1ccccc1. The van der Waals surface area contributed by atoms with Crippen molar-refractivity contribution in [2.45, 2.75) is 51.1 Å². The zero-order chi connectivity index (χ0) is 30.9. The first-order valence-corrected chi connectivity index (χ1v) is 14.9. The van der Waals surface area contributed by atoms with Crippen LogP contribution in [0.3, 0.4) is 0 Å². The number of rotatable bonds is 13. The topological polar surface area (TPSA) is 135 Å². The van der Waals surface area contributed by atoms with E-state index in [0.717, 1.165) is 11.1 Å². The lowest BCUT2D eigenvalue weighted by molar-refractivity contribution is -0.141. The summed E-state index contributed by atoms with van der Waals surface area (Å²) in [7, 11) is 0. The highest BCUT2D eigenvalue weighted by atomic mass is 16.2. The average molecular weight is 591 g/mol. The third-order valence-corrected chi connectivity index (χ3v) is 7.97. The molecular formula is C35H34N4O5. The van der Waals surface area contributed by atoms with E-state index in [-0.39, 0.29) is 43.1 Å². The van der Waals surface area contributed by atoms with Crippen LogP contribution in [0.25, 0.3) is 11.0 Å². The summed E-state index contributed by atoms with van der Waals surface area (Å²) in [6.45, 7) is 0.145. The van der Waals surface area contributed by atoms with Crippen LogP contribution < -0.4 is 10.6 Å². The molecule has 1 aromatic heterocycles. The predicted molar refractivity (Wildman–Crippen MR) is 164 cm³/mol. The minimum absolute atomic E-state index is 0.0210. The van der Waals surface area contributed by atoms with Crippen LogP contribution in [-0.2, 0) is 32.1 Å².